The Morgan fingerprint density at radius 2 is 2.06 bits per heavy atom. The molecule has 0 saturated heterocycles. The zero-order valence-electron chi connectivity index (χ0n) is 10.6. The van der Waals surface area contributed by atoms with Crippen molar-refractivity contribution >= 4 is 5.82 Å². The maximum Gasteiger partial charge on any atom is 0.197 e. The van der Waals surface area contributed by atoms with E-state index >= 15 is 0 Å². The topological polar surface area (TPSA) is 64.9 Å². The maximum atomic E-state index is 6.03. The molecular formula is C14H17N3O. The molecule has 0 atom stereocenters. The minimum absolute atomic E-state index is 0.615. The molecule has 0 fully saturated rings. The number of rotatable bonds is 2. The van der Waals surface area contributed by atoms with Crippen LogP contribution in [0.2, 0.25) is 0 Å². The summed E-state index contributed by atoms with van der Waals surface area (Å²) in [4.78, 5) is 8.98. The van der Waals surface area contributed by atoms with E-state index in [-0.39, 0.29) is 0 Å². The normalized spacial score (nSPS) is 14.5. The summed E-state index contributed by atoms with van der Waals surface area (Å²) in [6, 6.07) is 3.89. The second-order valence-corrected chi connectivity index (χ2v) is 4.68. The van der Waals surface area contributed by atoms with Gasteiger partial charge >= 0.3 is 0 Å². The van der Waals surface area contributed by atoms with E-state index in [1.165, 1.54) is 12.8 Å². The van der Waals surface area contributed by atoms with Crippen LogP contribution in [0.4, 0.5) is 5.82 Å². The monoisotopic (exact) mass is 243 g/mol. The van der Waals surface area contributed by atoms with Crippen LogP contribution in [0.3, 0.4) is 0 Å². The number of aryl methyl sites for hydroxylation is 2. The lowest BCUT2D eigenvalue weighted by molar-refractivity contribution is 0.524. The van der Waals surface area contributed by atoms with Crippen molar-refractivity contribution in [3.8, 4) is 11.6 Å². The van der Waals surface area contributed by atoms with Crippen molar-refractivity contribution < 1.29 is 4.42 Å². The number of aromatic nitrogens is 2. The molecule has 0 amide bonds. The fraction of sp³-hybridized carbons (Fsp3) is 0.429. The molecule has 2 heterocycles. The van der Waals surface area contributed by atoms with Crippen molar-refractivity contribution in [2.24, 2.45) is 0 Å². The van der Waals surface area contributed by atoms with Crippen LogP contribution in [0, 0.1) is 0 Å². The summed E-state index contributed by atoms with van der Waals surface area (Å²) in [6.45, 7) is 2.06. The average molecular weight is 243 g/mol. The Morgan fingerprint density at radius 3 is 2.83 bits per heavy atom. The van der Waals surface area contributed by atoms with Gasteiger partial charge < -0.3 is 10.2 Å². The van der Waals surface area contributed by atoms with Crippen molar-refractivity contribution in [3.05, 3.63) is 29.2 Å². The minimum atomic E-state index is 0.615. The first-order chi connectivity index (χ1) is 8.78. The standard InChI is InChI=1S/C14H17N3O/c1-2-9-7-8-12(18-9)14-16-11-6-4-3-5-10(11)13(15)17-14/h7-8H,2-6H2,1H3,(H2,15,16,17). The average Bonchev–Trinajstić information content (AvgIpc) is 2.87. The SMILES string of the molecule is CCc1ccc(-c2nc(N)c3c(n2)CCCC3)o1. The summed E-state index contributed by atoms with van der Waals surface area (Å²) in [5.74, 6) is 2.90. The largest absolute Gasteiger partial charge is 0.458 e. The Morgan fingerprint density at radius 1 is 1.22 bits per heavy atom. The van der Waals surface area contributed by atoms with E-state index in [1.54, 1.807) is 0 Å². The van der Waals surface area contributed by atoms with E-state index in [2.05, 4.69) is 16.9 Å². The number of hydrogen-bond acceptors (Lipinski definition) is 4. The lowest BCUT2D eigenvalue weighted by Gasteiger charge is -2.16. The second-order valence-electron chi connectivity index (χ2n) is 4.68. The van der Waals surface area contributed by atoms with Crippen molar-refractivity contribution in [2.45, 2.75) is 39.0 Å². The van der Waals surface area contributed by atoms with Crippen molar-refractivity contribution in [3.63, 3.8) is 0 Å². The molecule has 0 saturated carbocycles. The molecule has 2 N–H and O–H groups in total. The number of nitrogens with zero attached hydrogens (tertiary/aromatic N) is 2. The summed E-state index contributed by atoms with van der Waals surface area (Å²) in [5, 5.41) is 0. The lowest BCUT2D eigenvalue weighted by atomic mass is 9.96. The Labute approximate surface area is 106 Å². The predicted octanol–water partition coefficient (Wildman–Crippen LogP) is 2.76. The zero-order chi connectivity index (χ0) is 12.5. The summed E-state index contributed by atoms with van der Waals surface area (Å²) in [7, 11) is 0. The number of furan rings is 1. The van der Waals surface area contributed by atoms with E-state index in [9.17, 15) is 0 Å². The maximum absolute atomic E-state index is 6.03. The predicted molar refractivity (Wildman–Crippen MR) is 70.2 cm³/mol. The number of fused-ring (bicyclic) bond motifs is 1. The van der Waals surface area contributed by atoms with Crippen LogP contribution in [-0.4, -0.2) is 9.97 Å². The fourth-order valence-corrected chi connectivity index (χ4v) is 2.42. The molecule has 0 radical (unpaired) electrons. The molecule has 3 rings (SSSR count). The lowest BCUT2D eigenvalue weighted by Crippen LogP contribution is -2.11. The van der Waals surface area contributed by atoms with E-state index in [4.69, 9.17) is 10.2 Å². The summed E-state index contributed by atoms with van der Waals surface area (Å²) < 4.78 is 5.68. The van der Waals surface area contributed by atoms with Crippen LogP contribution in [-0.2, 0) is 19.3 Å². The highest BCUT2D eigenvalue weighted by Crippen LogP contribution is 2.27. The number of nitrogens with two attached hydrogens (primary N) is 1. The summed E-state index contributed by atoms with van der Waals surface area (Å²) in [5.41, 5.74) is 8.25. The van der Waals surface area contributed by atoms with Crippen LogP contribution in [0.15, 0.2) is 16.5 Å². The van der Waals surface area contributed by atoms with E-state index in [1.807, 2.05) is 12.1 Å². The van der Waals surface area contributed by atoms with Gasteiger partial charge in [0.15, 0.2) is 11.6 Å². The molecule has 1 aliphatic carbocycles. The third kappa shape index (κ3) is 1.88. The Hall–Kier alpha value is -1.84. The Kier molecular flexibility index (Phi) is 2.78. The van der Waals surface area contributed by atoms with Gasteiger partial charge in [0.2, 0.25) is 0 Å². The molecule has 0 spiro atoms. The van der Waals surface area contributed by atoms with E-state index in [0.717, 1.165) is 36.3 Å². The van der Waals surface area contributed by atoms with Gasteiger partial charge in [0.25, 0.3) is 0 Å². The quantitative estimate of drug-likeness (QED) is 0.880. The molecular weight excluding hydrogens is 226 g/mol. The van der Waals surface area contributed by atoms with Gasteiger partial charge in [-0.25, -0.2) is 9.97 Å². The molecule has 4 nitrogen and oxygen atoms in total. The Balaban J connectivity index is 2.04. The number of anilines is 1. The van der Waals surface area contributed by atoms with Crippen LogP contribution in [0.1, 0.15) is 36.8 Å². The van der Waals surface area contributed by atoms with Crippen molar-refractivity contribution in [1.82, 2.24) is 9.97 Å². The van der Waals surface area contributed by atoms with Gasteiger partial charge in [0.05, 0.1) is 0 Å². The molecule has 1 aliphatic rings. The molecule has 4 heteroatoms. The first-order valence-electron chi connectivity index (χ1n) is 6.52. The molecule has 18 heavy (non-hydrogen) atoms. The van der Waals surface area contributed by atoms with Crippen molar-refractivity contribution in [1.29, 1.82) is 0 Å². The van der Waals surface area contributed by atoms with E-state index in [0.29, 0.717) is 17.4 Å². The molecule has 0 aliphatic heterocycles. The molecule has 0 unspecified atom stereocenters. The van der Waals surface area contributed by atoms with Crippen LogP contribution in [0.5, 0.6) is 0 Å². The molecule has 2 aromatic rings. The number of nitrogen functional groups attached to an aromatic ring is 1. The van der Waals surface area contributed by atoms with Gasteiger partial charge in [-0.1, -0.05) is 6.92 Å². The highest BCUT2D eigenvalue weighted by molar-refractivity contribution is 5.54. The molecule has 0 bridgehead atoms. The Bertz CT molecular complexity index is 574. The first kappa shape index (κ1) is 11.3. The second kappa shape index (κ2) is 4.44. The number of hydrogen-bond donors (Lipinski definition) is 1. The van der Waals surface area contributed by atoms with Gasteiger partial charge in [0.1, 0.15) is 11.6 Å². The highest BCUT2D eigenvalue weighted by Gasteiger charge is 2.18. The van der Waals surface area contributed by atoms with E-state index < -0.39 is 0 Å². The highest BCUT2D eigenvalue weighted by atomic mass is 16.3. The van der Waals surface area contributed by atoms with Gasteiger partial charge in [-0.05, 0) is 37.8 Å². The molecule has 2 aromatic heterocycles. The first-order valence-corrected chi connectivity index (χ1v) is 6.52. The third-order valence-corrected chi connectivity index (χ3v) is 3.45. The summed E-state index contributed by atoms with van der Waals surface area (Å²) in [6.07, 6.45) is 5.23. The minimum Gasteiger partial charge on any atom is -0.458 e. The molecule has 0 aromatic carbocycles. The van der Waals surface area contributed by atoms with Crippen LogP contribution >= 0.6 is 0 Å². The third-order valence-electron chi connectivity index (χ3n) is 3.45. The van der Waals surface area contributed by atoms with Crippen LogP contribution in [0.25, 0.3) is 11.6 Å². The van der Waals surface area contributed by atoms with Gasteiger partial charge in [-0.3, -0.25) is 0 Å². The molecule has 94 valence electrons. The van der Waals surface area contributed by atoms with Gasteiger partial charge in [-0.15, -0.1) is 0 Å². The van der Waals surface area contributed by atoms with Crippen molar-refractivity contribution in [2.75, 3.05) is 5.73 Å². The summed E-state index contributed by atoms with van der Waals surface area (Å²) >= 11 is 0. The van der Waals surface area contributed by atoms with Gasteiger partial charge in [0, 0.05) is 17.7 Å². The van der Waals surface area contributed by atoms with Gasteiger partial charge in [-0.2, -0.15) is 0 Å². The zero-order valence-corrected chi connectivity index (χ0v) is 10.6. The fourth-order valence-electron chi connectivity index (χ4n) is 2.42. The van der Waals surface area contributed by atoms with Crippen LogP contribution < -0.4 is 5.73 Å². The smallest absolute Gasteiger partial charge is 0.197 e.